The Morgan fingerprint density at radius 3 is 2.65 bits per heavy atom. The van der Waals surface area contributed by atoms with Crippen molar-refractivity contribution in [3.63, 3.8) is 0 Å². The van der Waals surface area contributed by atoms with Crippen molar-refractivity contribution in [3.8, 4) is 5.75 Å². The number of carbonyl (C=O) groups is 1. The van der Waals surface area contributed by atoms with Gasteiger partial charge in [-0.2, -0.15) is 0 Å². The van der Waals surface area contributed by atoms with Gasteiger partial charge in [-0.3, -0.25) is 4.79 Å². The van der Waals surface area contributed by atoms with Gasteiger partial charge in [0.1, 0.15) is 5.75 Å². The summed E-state index contributed by atoms with van der Waals surface area (Å²) in [6.07, 6.45) is 3.48. The second kappa shape index (κ2) is 8.59. The van der Waals surface area contributed by atoms with Gasteiger partial charge in [0.05, 0.1) is 13.0 Å². The van der Waals surface area contributed by atoms with Gasteiger partial charge in [0.25, 0.3) is 0 Å². The molecule has 3 N–H and O–H groups in total. The molecule has 0 radical (unpaired) electrons. The third-order valence-electron chi connectivity index (χ3n) is 3.84. The Hall–Kier alpha value is -1.55. The topological polar surface area (TPSA) is 72.5 Å². The smallest absolute Gasteiger partial charge is 0.307 e. The molecule has 0 aliphatic rings. The van der Waals surface area contributed by atoms with Crippen molar-refractivity contribution in [1.29, 1.82) is 0 Å². The molecule has 1 aromatic rings. The number of aryl methyl sites for hydroxylation is 1. The molecular formula is C16H25NO3. The first kappa shape index (κ1) is 16.5. The Morgan fingerprint density at radius 1 is 1.40 bits per heavy atom. The lowest BCUT2D eigenvalue weighted by molar-refractivity contribution is -0.142. The first-order valence-electron chi connectivity index (χ1n) is 7.17. The van der Waals surface area contributed by atoms with E-state index in [0.29, 0.717) is 12.3 Å². The lowest BCUT2D eigenvalue weighted by atomic mass is 9.88. The number of hydrogen-bond acceptors (Lipinski definition) is 3. The fraction of sp³-hybridized carbons (Fsp3) is 0.562. The van der Waals surface area contributed by atoms with E-state index in [4.69, 9.17) is 15.6 Å². The first-order valence-corrected chi connectivity index (χ1v) is 7.17. The second-order valence-corrected chi connectivity index (χ2v) is 5.13. The largest absolute Gasteiger partial charge is 0.496 e. The van der Waals surface area contributed by atoms with Crippen LogP contribution in [-0.4, -0.2) is 24.7 Å². The number of hydrogen-bond donors (Lipinski definition) is 2. The molecule has 4 heteroatoms. The Morgan fingerprint density at radius 2 is 2.10 bits per heavy atom. The molecule has 4 nitrogen and oxygen atoms in total. The van der Waals surface area contributed by atoms with Gasteiger partial charge in [0.2, 0.25) is 0 Å². The SMILES string of the molecule is CCC(CCc1ccccc1OC)CC(CN)C(=O)O. The van der Waals surface area contributed by atoms with Crippen LogP contribution in [0.5, 0.6) is 5.75 Å². The minimum atomic E-state index is -0.789. The van der Waals surface area contributed by atoms with Gasteiger partial charge in [-0.15, -0.1) is 0 Å². The summed E-state index contributed by atoms with van der Waals surface area (Å²) in [5, 5.41) is 9.09. The zero-order valence-corrected chi connectivity index (χ0v) is 12.3. The van der Waals surface area contributed by atoms with Gasteiger partial charge in [-0.05, 0) is 36.8 Å². The number of aliphatic carboxylic acids is 1. The van der Waals surface area contributed by atoms with E-state index in [9.17, 15) is 4.79 Å². The number of carboxylic acid groups (broad SMARTS) is 1. The van der Waals surface area contributed by atoms with Gasteiger partial charge in [-0.1, -0.05) is 31.5 Å². The zero-order chi connectivity index (χ0) is 15.0. The fourth-order valence-corrected chi connectivity index (χ4v) is 2.46. The van der Waals surface area contributed by atoms with Crippen molar-refractivity contribution in [2.75, 3.05) is 13.7 Å². The summed E-state index contributed by atoms with van der Waals surface area (Å²) in [6.45, 7) is 2.31. The average molecular weight is 279 g/mol. The van der Waals surface area contributed by atoms with Gasteiger partial charge >= 0.3 is 5.97 Å². The number of rotatable bonds is 9. The molecule has 1 rings (SSSR count). The molecule has 2 unspecified atom stereocenters. The molecule has 0 fully saturated rings. The van der Waals surface area contributed by atoms with Crippen LogP contribution in [0.15, 0.2) is 24.3 Å². The third kappa shape index (κ3) is 4.85. The summed E-state index contributed by atoms with van der Waals surface area (Å²) < 4.78 is 5.34. The third-order valence-corrected chi connectivity index (χ3v) is 3.84. The normalized spacial score (nSPS) is 13.8. The number of para-hydroxylation sites is 1. The van der Waals surface area contributed by atoms with Crippen LogP contribution in [0.3, 0.4) is 0 Å². The van der Waals surface area contributed by atoms with E-state index in [1.165, 1.54) is 5.56 Å². The van der Waals surface area contributed by atoms with Crippen LogP contribution >= 0.6 is 0 Å². The fourth-order valence-electron chi connectivity index (χ4n) is 2.46. The van der Waals surface area contributed by atoms with Gasteiger partial charge in [0, 0.05) is 6.54 Å². The predicted molar refractivity (Wildman–Crippen MR) is 79.9 cm³/mol. The maximum atomic E-state index is 11.1. The molecule has 0 heterocycles. The summed E-state index contributed by atoms with van der Waals surface area (Å²) in [5.74, 6) is 0.0568. The molecular weight excluding hydrogens is 254 g/mol. The number of ether oxygens (including phenoxy) is 1. The first-order chi connectivity index (χ1) is 9.62. The molecule has 0 saturated carbocycles. The zero-order valence-electron chi connectivity index (χ0n) is 12.3. The Kier molecular flexibility index (Phi) is 7.09. The molecule has 0 aromatic heterocycles. The summed E-state index contributed by atoms with van der Waals surface area (Å²) in [4.78, 5) is 11.1. The molecule has 0 bridgehead atoms. The van der Waals surface area contributed by atoms with Crippen LogP contribution in [0.1, 0.15) is 31.7 Å². The Balaban J connectivity index is 2.58. The number of benzene rings is 1. The monoisotopic (exact) mass is 279 g/mol. The van der Waals surface area contributed by atoms with Gasteiger partial charge in [-0.25, -0.2) is 0 Å². The van der Waals surface area contributed by atoms with E-state index < -0.39 is 11.9 Å². The highest BCUT2D eigenvalue weighted by molar-refractivity contribution is 5.70. The molecule has 0 spiro atoms. The standard InChI is InChI=1S/C16H25NO3/c1-3-12(10-14(11-17)16(18)19)8-9-13-6-4-5-7-15(13)20-2/h4-7,12,14H,3,8-11,17H2,1-2H3,(H,18,19). The van der Waals surface area contributed by atoms with Crippen LogP contribution in [-0.2, 0) is 11.2 Å². The summed E-state index contributed by atoms with van der Waals surface area (Å²) in [7, 11) is 1.67. The van der Waals surface area contributed by atoms with Gasteiger partial charge < -0.3 is 15.6 Å². The molecule has 20 heavy (non-hydrogen) atoms. The number of nitrogens with two attached hydrogens (primary N) is 1. The van der Waals surface area contributed by atoms with Crippen molar-refractivity contribution in [2.24, 2.45) is 17.6 Å². The van der Waals surface area contributed by atoms with Crippen molar-refractivity contribution in [2.45, 2.75) is 32.6 Å². The van der Waals surface area contributed by atoms with Crippen LogP contribution in [0.4, 0.5) is 0 Å². The van der Waals surface area contributed by atoms with Crippen LogP contribution in [0.25, 0.3) is 0 Å². The summed E-state index contributed by atoms with van der Waals surface area (Å²) in [6, 6.07) is 7.96. The Bertz CT molecular complexity index is 420. The molecule has 0 aliphatic carbocycles. The quantitative estimate of drug-likeness (QED) is 0.729. The average Bonchev–Trinajstić information content (AvgIpc) is 2.47. The van der Waals surface area contributed by atoms with Crippen molar-refractivity contribution >= 4 is 5.97 Å². The minimum absolute atomic E-state index is 0.209. The molecule has 0 amide bonds. The predicted octanol–water partition coefficient (Wildman–Crippen LogP) is 2.70. The van der Waals surface area contributed by atoms with E-state index in [-0.39, 0.29) is 6.54 Å². The highest BCUT2D eigenvalue weighted by Gasteiger charge is 2.20. The van der Waals surface area contributed by atoms with E-state index in [2.05, 4.69) is 13.0 Å². The minimum Gasteiger partial charge on any atom is -0.496 e. The van der Waals surface area contributed by atoms with E-state index in [0.717, 1.165) is 25.0 Å². The van der Waals surface area contributed by atoms with Crippen LogP contribution in [0, 0.1) is 11.8 Å². The lowest BCUT2D eigenvalue weighted by Crippen LogP contribution is -2.26. The highest BCUT2D eigenvalue weighted by atomic mass is 16.5. The molecule has 0 saturated heterocycles. The summed E-state index contributed by atoms with van der Waals surface area (Å²) in [5.41, 5.74) is 6.70. The van der Waals surface area contributed by atoms with Crippen LogP contribution < -0.4 is 10.5 Å². The lowest BCUT2D eigenvalue weighted by Gasteiger charge is -2.19. The van der Waals surface area contributed by atoms with Crippen molar-refractivity contribution in [1.82, 2.24) is 0 Å². The van der Waals surface area contributed by atoms with Crippen LogP contribution in [0.2, 0.25) is 0 Å². The maximum Gasteiger partial charge on any atom is 0.307 e. The van der Waals surface area contributed by atoms with Crippen molar-refractivity contribution < 1.29 is 14.6 Å². The molecule has 112 valence electrons. The number of methoxy groups -OCH3 is 1. The van der Waals surface area contributed by atoms with Crippen molar-refractivity contribution in [3.05, 3.63) is 29.8 Å². The molecule has 0 aliphatic heterocycles. The van der Waals surface area contributed by atoms with E-state index >= 15 is 0 Å². The second-order valence-electron chi connectivity index (χ2n) is 5.13. The van der Waals surface area contributed by atoms with E-state index in [1.807, 2.05) is 18.2 Å². The van der Waals surface area contributed by atoms with Gasteiger partial charge in [0.15, 0.2) is 0 Å². The highest BCUT2D eigenvalue weighted by Crippen LogP contribution is 2.25. The number of carboxylic acids is 1. The molecule has 1 aromatic carbocycles. The van der Waals surface area contributed by atoms with E-state index in [1.54, 1.807) is 7.11 Å². The molecule has 2 atom stereocenters. The Labute approximate surface area is 120 Å². The maximum absolute atomic E-state index is 11.1. The summed E-state index contributed by atoms with van der Waals surface area (Å²) >= 11 is 0.